The third kappa shape index (κ3) is 5.30. The SMILES string of the molecule is CCCCN[C@@H](c1ccccc1)[C@@H](C(=O)OCC)N1CCOCC1. The minimum Gasteiger partial charge on any atom is -0.465 e. The molecule has 1 aromatic rings. The van der Waals surface area contributed by atoms with Crippen LogP contribution in [0.3, 0.4) is 0 Å². The number of rotatable bonds is 9. The van der Waals surface area contributed by atoms with Crippen LogP contribution in [0.2, 0.25) is 0 Å². The smallest absolute Gasteiger partial charge is 0.325 e. The number of ether oxygens (including phenoxy) is 2. The first-order valence-electron chi connectivity index (χ1n) is 9.04. The van der Waals surface area contributed by atoms with Crippen molar-refractivity contribution in [3.63, 3.8) is 0 Å². The van der Waals surface area contributed by atoms with Gasteiger partial charge in [0.05, 0.1) is 25.9 Å². The van der Waals surface area contributed by atoms with Crippen molar-refractivity contribution in [2.75, 3.05) is 39.5 Å². The summed E-state index contributed by atoms with van der Waals surface area (Å²) in [7, 11) is 0. The van der Waals surface area contributed by atoms with E-state index in [1.165, 1.54) is 0 Å². The molecule has 1 aromatic carbocycles. The number of nitrogens with one attached hydrogen (secondary N) is 1. The van der Waals surface area contributed by atoms with Crippen LogP contribution in [0.15, 0.2) is 30.3 Å². The number of hydrogen-bond donors (Lipinski definition) is 1. The fourth-order valence-electron chi connectivity index (χ4n) is 3.09. The van der Waals surface area contributed by atoms with Crippen molar-refractivity contribution in [3.05, 3.63) is 35.9 Å². The zero-order valence-electron chi connectivity index (χ0n) is 14.9. The Morgan fingerprint density at radius 3 is 2.58 bits per heavy atom. The maximum Gasteiger partial charge on any atom is 0.325 e. The van der Waals surface area contributed by atoms with Gasteiger partial charge in [0, 0.05) is 13.1 Å². The second-order valence-electron chi connectivity index (χ2n) is 6.04. The lowest BCUT2D eigenvalue weighted by Crippen LogP contribution is -2.54. The Bertz CT molecular complexity index is 475. The van der Waals surface area contributed by atoms with Gasteiger partial charge in [0.1, 0.15) is 6.04 Å². The number of benzene rings is 1. The summed E-state index contributed by atoms with van der Waals surface area (Å²) in [4.78, 5) is 14.9. The standard InChI is InChI=1S/C19H30N2O3/c1-3-5-11-20-17(16-9-7-6-8-10-16)18(19(22)24-4-2)21-12-14-23-15-13-21/h6-10,17-18,20H,3-5,11-15H2,1-2H3/t17-,18-/m0/s1. The molecule has 0 aromatic heterocycles. The average molecular weight is 334 g/mol. The van der Waals surface area contributed by atoms with E-state index >= 15 is 0 Å². The van der Waals surface area contributed by atoms with Crippen molar-refractivity contribution in [2.24, 2.45) is 0 Å². The number of unbranched alkanes of at least 4 members (excludes halogenated alkanes) is 1. The number of hydrogen-bond acceptors (Lipinski definition) is 5. The van der Waals surface area contributed by atoms with Crippen LogP contribution in [0.25, 0.3) is 0 Å². The maximum absolute atomic E-state index is 12.7. The molecule has 0 amide bonds. The molecule has 0 spiro atoms. The molecule has 2 rings (SSSR count). The molecule has 1 fully saturated rings. The summed E-state index contributed by atoms with van der Waals surface area (Å²) in [6.45, 7) is 8.13. The summed E-state index contributed by atoms with van der Waals surface area (Å²) < 4.78 is 10.9. The Morgan fingerprint density at radius 1 is 1.25 bits per heavy atom. The van der Waals surface area contributed by atoms with E-state index in [0.717, 1.165) is 38.0 Å². The van der Waals surface area contributed by atoms with Gasteiger partial charge in [-0.05, 0) is 25.5 Å². The summed E-state index contributed by atoms with van der Waals surface area (Å²) in [6, 6.07) is 9.80. The van der Waals surface area contributed by atoms with Crippen molar-refractivity contribution >= 4 is 5.97 Å². The fraction of sp³-hybridized carbons (Fsp3) is 0.632. The summed E-state index contributed by atoms with van der Waals surface area (Å²) >= 11 is 0. The predicted molar refractivity (Wildman–Crippen MR) is 94.9 cm³/mol. The van der Waals surface area contributed by atoms with Crippen molar-refractivity contribution in [1.29, 1.82) is 0 Å². The van der Waals surface area contributed by atoms with E-state index < -0.39 is 0 Å². The van der Waals surface area contributed by atoms with Gasteiger partial charge in [0.25, 0.3) is 0 Å². The van der Waals surface area contributed by atoms with Crippen LogP contribution in [0.1, 0.15) is 38.3 Å². The molecule has 0 saturated carbocycles. The van der Waals surface area contributed by atoms with E-state index in [9.17, 15) is 4.79 Å². The highest BCUT2D eigenvalue weighted by molar-refractivity contribution is 5.77. The summed E-state index contributed by atoms with van der Waals surface area (Å²) in [5.74, 6) is -0.155. The van der Waals surface area contributed by atoms with Gasteiger partial charge in [-0.1, -0.05) is 43.7 Å². The summed E-state index contributed by atoms with van der Waals surface area (Å²) in [5.41, 5.74) is 1.12. The Balaban J connectivity index is 2.25. The average Bonchev–Trinajstić information content (AvgIpc) is 2.63. The Kier molecular flexibility index (Phi) is 8.22. The molecule has 5 nitrogen and oxygen atoms in total. The van der Waals surface area contributed by atoms with Crippen molar-refractivity contribution in [3.8, 4) is 0 Å². The lowest BCUT2D eigenvalue weighted by atomic mass is 9.97. The highest BCUT2D eigenvalue weighted by Gasteiger charge is 2.36. The molecule has 24 heavy (non-hydrogen) atoms. The molecule has 0 bridgehead atoms. The molecular weight excluding hydrogens is 304 g/mol. The Morgan fingerprint density at radius 2 is 1.96 bits per heavy atom. The Hall–Kier alpha value is -1.43. The molecule has 0 radical (unpaired) electrons. The molecule has 1 heterocycles. The molecule has 1 aliphatic heterocycles. The zero-order valence-corrected chi connectivity index (χ0v) is 14.9. The monoisotopic (exact) mass is 334 g/mol. The number of esters is 1. The molecule has 0 aliphatic carbocycles. The second-order valence-corrected chi connectivity index (χ2v) is 6.04. The number of morpholine rings is 1. The van der Waals surface area contributed by atoms with E-state index in [1.54, 1.807) is 0 Å². The minimum absolute atomic E-state index is 0.0742. The summed E-state index contributed by atoms with van der Waals surface area (Å²) in [6.07, 6.45) is 2.21. The van der Waals surface area contributed by atoms with Crippen molar-refractivity contribution in [2.45, 2.75) is 38.8 Å². The van der Waals surface area contributed by atoms with Gasteiger partial charge in [-0.3, -0.25) is 9.69 Å². The van der Waals surface area contributed by atoms with Gasteiger partial charge in [-0.25, -0.2) is 0 Å². The highest BCUT2D eigenvalue weighted by atomic mass is 16.5. The van der Waals surface area contributed by atoms with Crippen LogP contribution in [0, 0.1) is 0 Å². The second kappa shape index (κ2) is 10.4. The lowest BCUT2D eigenvalue weighted by molar-refractivity contribution is -0.153. The van der Waals surface area contributed by atoms with Gasteiger partial charge in [0.15, 0.2) is 0 Å². The van der Waals surface area contributed by atoms with Crippen LogP contribution in [-0.2, 0) is 14.3 Å². The third-order valence-corrected chi connectivity index (χ3v) is 4.34. The molecule has 5 heteroatoms. The number of carbonyl (C=O) groups excluding carboxylic acids is 1. The molecular formula is C19H30N2O3. The number of carbonyl (C=O) groups is 1. The van der Waals surface area contributed by atoms with E-state index in [0.29, 0.717) is 19.8 Å². The maximum atomic E-state index is 12.7. The lowest BCUT2D eigenvalue weighted by Gasteiger charge is -2.38. The first-order valence-corrected chi connectivity index (χ1v) is 9.04. The fourth-order valence-corrected chi connectivity index (χ4v) is 3.09. The Labute approximate surface area is 145 Å². The quantitative estimate of drug-likeness (QED) is 0.555. The van der Waals surface area contributed by atoms with Crippen LogP contribution < -0.4 is 5.32 Å². The van der Waals surface area contributed by atoms with Crippen LogP contribution in [0.5, 0.6) is 0 Å². The van der Waals surface area contributed by atoms with Gasteiger partial charge >= 0.3 is 5.97 Å². The van der Waals surface area contributed by atoms with Crippen LogP contribution in [0.4, 0.5) is 0 Å². The van der Waals surface area contributed by atoms with E-state index in [-0.39, 0.29) is 18.1 Å². The molecule has 1 saturated heterocycles. The predicted octanol–water partition coefficient (Wildman–Crippen LogP) is 2.38. The van der Waals surface area contributed by atoms with Gasteiger partial charge in [-0.15, -0.1) is 0 Å². The number of nitrogens with zero attached hydrogens (tertiary/aromatic N) is 1. The highest BCUT2D eigenvalue weighted by Crippen LogP contribution is 2.23. The largest absolute Gasteiger partial charge is 0.465 e. The van der Waals surface area contributed by atoms with Crippen molar-refractivity contribution in [1.82, 2.24) is 10.2 Å². The van der Waals surface area contributed by atoms with Crippen molar-refractivity contribution < 1.29 is 14.3 Å². The van der Waals surface area contributed by atoms with Gasteiger partial charge in [0.2, 0.25) is 0 Å². The topological polar surface area (TPSA) is 50.8 Å². The summed E-state index contributed by atoms with van der Waals surface area (Å²) in [5, 5.41) is 3.59. The van der Waals surface area contributed by atoms with Gasteiger partial charge < -0.3 is 14.8 Å². The zero-order chi connectivity index (χ0) is 17.2. The molecule has 2 atom stereocenters. The first-order chi connectivity index (χ1) is 11.8. The molecule has 0 unspecified atom stereocenters. The van der Waals surface area contributed by atoms with Crippen LogP contribution >= 0.6 is 0 Å². The minimum atomic E-state index is -0.326. The van der Waals surface area contributed by atoms with E-state index in [1.807, 2.05) is 25.1 Å². The van der Waals surface area contributed by atoms with Gasteiger partial charge in [-0.2, -0.15) is 0 Å². The van der Waals surface area contributed by atoms with Crippen LogP contribution in [-0.4, -0.2) is 56.4 Å². The normalized spacial score (nSPS) is 18.1. The van der Waals surface area contributed by atoms with E-state index in [2.05, 4.69) is 29.3 Å². The molecule has 1 N–H and O–H groups in total. The van der Waals surface area contributed by atoms with E-state index in [4.69, 9.17) is 9.47 Å². The third-order valence-electron chi connectivity index (χ3n) is 4.34. The first kappa shape index (κ1) is 18.9. The molecule has 1 aliphatic rings. The molecule has 134 valence electrons.